The largest absolute Gasteiger partial charge is 0.384 e. The van der Waals surface area contributed by atoms with Crippen LogP contribution in [0.25, 0.3) is 0 Å². The fourth-order valence-corrected chi connectivity index (χ4v) is 2.29. The SMILES string of the molecule is CCCNC(=O)CNC(=O)C1(COC)CCNCC1. The molecule has 0 unspecified atom stereocenters. The zero-order valence-corrected chi connectivity index (χ0v) is 11.9. The van der Waals surface area contributed by atoms with Crippen molar-refractivity contribution in [2.24, 2.45) is 5.41 Å². The van der Waals surface area contributed by atoms with Gasteiger partial charge >= 0.3 is 0 Å². The summed E-state index contributed by atoms with van der Waals surface area (Å²) < 4.78 is 5.19. The molecule has 0 radical (unpaired) electrons. The average molecular weight is 271 g/mol. The van der Waals surface area contributed by atoms with Crippen LogP contribution >= 0.6 is 0 Å². The van der Waals surface area contributed by atoms with Crippen LogP contribution in [0.3, 0.4) is 0 Å². The van der Waals surface area contributed by atoms with E-state index in [1.165, 1.54) is 0 Å². The number of ether oxygens (including phenoxy) is 1. The van der Waals surface area contributed by atoms with Gasteiger partial charge in [0, 0.05) is 13.7 Å². The fourth-order valence-electron chi connectivity index (χ4n) is 2.29. The van der Waals surface area contributed by atoms with Gasteiger partial charge in [0.15, 0.2) is 0 Å². The van der Waals surface area contributed by atoms with Crippen molar-refractivity contribution < 1.29 is 14.3 Å². The Labute approximate surface area is 114 Å². The predicted molar refractivity (Wildman–Crippen MR) is 72.7 cm³/mol. The fraction of sp³-hybridized carbons (Fsp3) is 0.846. The van der Waals surface area contributed by atoms with Crippen molar-refractivity contribution in [3.8, 4) is 0 Å². The first kappa shape index (κ1) is 15.9. The van der Waals surface area contributed by atoms with E-state index in [1.54, 1.807) is 7.11 Å². The number of amides is 2. The second-order valence-electron chi connectivity index (χ2n) is 5.00. The molecule has 0 aliphatic carbocycles. The Hall–Kier alpha value is -1.14. The monoisotopic (exact) mass is 271 g/mol. The summed E-state index contributed by atoms with van der Waals surface area (Å²) in [6, 6.07) is 0. The summed E-state index contributed by atoms with van der Waals surface area (Å²) >= 11 is 0. The summed E-state index contributed by atoms with van der Waals surface area (Å²) in [5, 5.41) is 8.70. The Morgan fingerprint density at radius 3 is 2.53 bits per heavy atom. The van der Waals surface area contributed by atoms with Crippen LogP contribution in [-0.2, 0) is 14.3 Å². The standard InChI is InChI=1S/C13H25N3O3/c1-3-6-15-11(17)9-16-12(18)13(10-19-2)4-7-14-8-5-13/h14H,3-10H2,1-2H3,(H,15,17)(H,16,18). The molecule has 1 heterocycles. The van der Waals surface area contributed by atoms with Crippen LogP contribution < -0.4 is 16.0 Å². The lowest BCUT2D eigenvalue weighted by molar-refractivity contribution is -0.137. The van der Waals surface area contributed by atoms with Gasteiger partial charge in [-0.25, -0.2) is 0 Å². The molecule has 0 aromatic rings. The van der Waals surface area contributed by atoms with Gasteiger partial charge in [0.1, 0.15) is 0 Å². The maximum Gasteiger partial charge on any atom is 0.239 e. The van der Waals surface area contributed by atoms with E-state index in [-0.39, 0.29) is 18.4 Å². The average Bonchev–Trinajstić information content (AvgIpc) is 2.43. The highest BCUT2D eigenvalue weighted by molar-refractivity contribution is 5.88. The molecule has 0 spiro atoms. The molecule has 6 nitrogen and oxygen atoms in total. The van der Waals surface area contributed by atoms with Crippen molar-refractivity contribution in [3.05, 3.63) is 0 Å². The van der Waals surface area contributed by atoms with E-state index in [2.05, 4.69) is 16.0 Å². The summed E-state index contributed by atoms with van der Waals surface area (Å²) in [5.41, 5.74) is -0.495. The first-order chi connectivity index (χ1) is 9.14. The molecule has 2 amide bonds. The Morgan fingerprint density at radius 2 is 1.95 bits per heavy atom. The zero-order valence-electron chi connectivity index (χ0n) is 11.9. The molecule has 0 saturated carbocycles. The highest BCUT2D eigenvalue weighted by atomic mass is 16.5. The van der Waals surface area contributed by atoms with Crippen molar-refractivity contribution in [1.82, 2.24) is 16.0 Å². The van der Waals surface area contributed by atoms with Crippen LogP contribution in [0, 0.1) is 5.41 Å². The summed E-state index contributed by atoms with van der Waals surface area (Å²) in [4.78, 5) is 23.8. The van der Waals surface area contributed by atoms with E-state index in [9.17, 15) is 9.59 Å². The Kier molecular flexibility index (Phi) is 6.80. The molecular formula is C13H25N3O3. The molecule has 1 fully saturated rings. The number of rotatable bonds is 7. The van der Waals surface area contributed by atoms with Gasteiger partial charge in [-0.05, 0) is 32.4 Å². The number of carbonyl (C=O) groups is 2. The number of hydrogen-bond acceptors (Lipinski definition) is 4. The Morgan fingerprint density at radius 1 is 1.26 bits per heavy atom. The van der Waals surface area contributed by atoms with E-state index in [0.29, 0.717) is 13.2 Å². The van der Waals surface area contributed by atoms with Gasteiger partial charge in [-0.1, -0.05) is 6.92 Å². The maximum atomic E-state index is 12.3. The predicted octanol–water partition coefficient (Wildman–Crippen LogP) is -0.355. The van der Waals surface area contributed by atoms with Gasteiger partial charge in [0.25, 0.3) is 0 Å². The first-order valence-electron chi connectivity index (χ1n) is 6.89. The third-order valence-corrected chi connectivity index (χ3v) is 3.44. The third kappa shape index (κ3) is 4.80. The van der Waals surface area contributed by atoms with Crippen LogP contribution in [0.1, 0.15) is 26.2 Å². The van der Waals surface area contributed by atoms with Crippen LogP contribution in [0.15, 0.2) is 0 Å². The lowest BCUT2D eigenvalue weighted by Gasteiger charge is -2.35. The minimum Gasteiger partial charge on any atom is -0.384 e. The van der Waals surface area contributed by atoms with E-state index in [0.717, 1.165) is 32.4 Å². The maximum absolute atomic E-state index is 12.3. The topological polar surface area (TPSA) is 79.5 Å². The minimum absolute atomic E-state index is 0.0394. The summed E-state index contributed by atoms with van der Waals surface area (Å²) in [6.07, 6.45) is 2.37. The van der Waals surface area contributed by atoms with Gasteiger partial charge in [-0.2, -0.15) is 0 Å². The second kappa shape index (κ2) is 8.12. The number of piperidine rings is 1. The second-order valence-corrected chi connectivity index (χ2v) is 5.00. The van der Waals surface area contributed by atoms with E-state index < -0.39 is 5.41 Å². The van der Waals surface area contributed by atoms with Crippen molar-refractivity contribution >= 4 is 11.8 Å². The molecule has 6 heteroatoms. The van der Waals surface area contributed by atoms with Gasteiger partial charge in [-0.15, -0.1) is 0 Å². The normalized spacial score (nSPS) is 17.8. The van der Waals surface area contributed by atoms with Crippen LogP contribution in [0.5, 0.6) is 0 Å². The van der Waals surface area contributed by atoms with Crippen LogP contribution in [0.4, 0.5) is 0 Å². The lowest BCUT2D eigenvalue weighted by Crippen LogP contribution is -2.51. The van der Waals surface area contributed by atoms with Crippen LogP contribution in [0.2, 0.25) is 0 Å². The molecule has 1 rings (SSSR count). The first-order valence-corrected chi connectivity index (χ1v) is 6.89. The highest BCUT2D eigenvalue weighted by Crippen LogP contribution is 2.29. The molecule has 1 aliphatic rings. The molecular weight excluding hydrogens is 246 g/mol. The lowest BCUT2D eigenvalue weighted by atomic mass is 9.78. The molecule has 19 heavy (non-hydrogen) atoms. The highest BCUT2D eigenvalue weighted by Gasteiger charge is 2.39. The molecule has 0 bridgehead atoms. The smallest absolute Gasteiger partial charge is 0.239 e. The quantitative estimate of drug-likeness (QED) is 0.591. The molecule has 1 saturated heterocycles. The van der Waals surface area contributed by atoms with Gasteiger partial charge < -0.3 is 20.7 Å². The third-order valence-electron chi connectivity index (χ3n) is 3.44. The van der Waals surface area contributed by atoms with Gasteiger partial charge in [-0.3, -0.25) is 9.59 Å². The minimum atomic E-state index is -0.495. The number of methoxy groups -OCH3 is 1. The van der Waals surface area contributed by atoms with Crippen molar-refractivity contribution in [2.75, 3.05) is 39.9 Å². The number of nitrogens with one attached hydrogen (secondary N) is 3. The summed E-state index contributed by atoms with van der Waals surface area (Å²) in [6.45, 7) is 4.68. The molecule has 0 atom stereocenters. The Bertz CT molecular complexity index is 296. The van der Waals surface area contributed by atoms with Crippen molar-refractivity contribution in [3.63, 3.8) is 0 Å². The van der Waals surface area contributed by atoms with E-state index in [1.807, 2.05) is 6.92 Å². The van der Waals surface area contributed by atoms with Crippen LogP contribution in [-0.4, -0.2) is 51.7 Å². The molecule has 0 aromatic heterocycles. The van der Waals surface area contributed by atoms with Crippen molar-refractivity contribution in [2.45, 2.75) is 26.2 Å². The molecule has 110 valence electrons. The summed E-state index contributed by atoms with van der Waals surface area (Å²) in [7, 11) is 1.60. The summed E-state index contributed by atoms with van der Waals surface area (Å²) in [5.74, 6) is -0.223. The molecule has 1 aliphatic heterocycles. The number of hydrogen-bond donors (Lipinski definition) is 3. The van der Waals surface area contributed by atoms with E-state index in [4.69, 9.17) is 4.74 Å². The zero-order chi connectivity index (χ0) is 14.1. The molecule has 3 N–H and O–H groups in total. The van der Waals surface area contributed by atoms with E-state index >= 15 is 0 Å². The Balaban J connectivity index is 2.46. The van der Waals surface area contributed by atoms with Gasteiger partial charge in [0.05, 0.1) is 18.6 Å². The molecule has 0 aromatic carbocycles. The number of carbonyl (C=O) groups excluding carboxylic acids is 2. The van der Waals surface area contributed by atoms with Gasteiger partial charge in [0.2, 0.25) is 11.8 Å². The van der Waals surface area contributed by atoms with Crippen molar-refractivity contribution in [1.29, 1.82) is 0 Å².